The van der Waals surface area contributed by atoms with Crippen LogP contribution in [0.3, 0.4) is 0 Å². The number of methoxy groups -OCH3 is 1. The van der Waals surface area contributed by atoms with Gasteiger partial charge in [-0.3, -0.25) is 9.59 Å². The molecule has 0 bridgehead atoms. The first kappa shape index (κ1) is 20.1. The molecule has 0 atom stereocenters. The summed E-state index contributed by atoms with van der Waals surface area (Å²) in [6.45, 7) is -0.480. The second kappa shape index (κ2) is 9.08. The predicted octanol–water partition coefficient (Wildman–Crippen LogP) is 3.37. The molecule has 0 aliphatic carbocycles. The second-order valence-electron chi connectivity index (χ2n) is 6.62. The van der Waals surface area contributed by atoms with Gasteiger partial charge in [0.25, 0.3) is 11.8 Å². The number of aromatic nitrogens is 2. The maximum atomic E-state index is 12.3. The van der Waals surface area contributed by atoms with Crippen LogP contribution in [0.1, 0.15) is 16.2 Å². The smallest absolute Gasteiger partial charge is 0.325 e. The third-order valence-electron chi connectivity index (χ3n) is 4.58. The number of nitrogens with one attached hydrogen (secondary N) is 1. The zero-order valence-electron chi connectivity index (χ0n) is 16.7. The quantitative estimate of drug-likeness (QED) is 0.460. The van der Waals surface area contributed by atoms with Gasteiger partial charge in [0, 0.05) is 5.56 Å². The SMILES string of the molecule is COc1ccccc1-c1noc(COC(=O)CNC(=O)c2ccc3ccccc3c2)n1. The van der Waals surface area contributed by atoms with E-state index in [9.17, 15) is 9.59 Å². The number of rotatable bonds is 7. The van der Waals surface area contributed by atoms with Gasteiger partial charge in [0.05, 0.1) is 12.7 Å². The number of hydrogen-bond donors (Lipinski definition) is 1. The van der Waals surface area contributed by atoms with Crippen LogP contribution >= 0.6 is 0 Å². The van der Waals surface area contributed by atoms with Crippen molar-refractivity contribution in [3.8, 4) is 17.1 Å². The Balaban J connectivity index is 1.30. The van der Waals surface area contributed by atoms with Gasteiger partial charge in [0.15, 0.2) is 6.61 Å². The molecule has 4 aromatic rings. The van der Waals surface area contributed by atoms with Crippen LogP contribution < -0.4 is 10.1 Å². The molecule has 156 valence electrons. The molecule has 0 spiro atoms. The Morgan fingerprint density at radius 2 is 1.77 bits per heavy atom. The van der Waals surface area contributed by atoms with Gasteiger partial charge in [0.1, 0.15) is 12.3 Å². The number of nitrogens with zero attached hydrogens (tertiary/aromatic N) is 2. The third kappa shape index (κ3) is 4.69. The van der Waals surface area contributed by atoms with E-state index < -0.39 is 5.97 Å². The summed E-state index contributed by atoms with van der Waals surface area (Å²) < 4.78 is 15.5. The lowest BCUT2D eigenvalue weighted by Crippen LogP contribution is -2.30. The van der Waals surface area contributed by atoms with Crippen LogP contribution in [-0.2, 0) is 16.1 Å². The van der Waals surface area contributed by atoms with Gasteiger partial charge in [-0.05, 0) is 35.0 Å². The number of benzene rings is 3. The highest BCUT2D eigenvalue weighted by Gasteiger charge is 2.15. The van der Waals surface area contributed by atoms with Crippen LogP contribution in [0.25, 0.3) is 22.2 Å². The average molecular weight is 417 g/mol. The van der Waals surface area contributed by atoms with Gasteiger partial charge < -0.3 is 19.3 Å². The van der Waals surface area contributed by atoms with Crippen LogP contribution in [0.15, 0.2) is 71.3 Å². The Morgan fingerprint density at radius 3 is 2.61 bits per heavy atom. The molecule has 1 heterocycles. The number of carbonyl (C=O) groups is 2. The van der Waals surface area contributed by atoms with Crippen molar-refractivity contribution >= 4 is 22.6 Å². The Labute approximate surface area is 177 Å². The fourth-order valence-corrected chi connectivity index (χ4v) is 3.03. The molecule has 0 saturated carbocycles. The van der Waals surface area contributed by atoms with Gasteiger partial charge in [-0.2, -0.15) is 4.98 Å². The van der Waals surface area contributed by atoms with Crippen molar-refractivity contribution in [2.45, 2.75) is 6.61 Å². The summed E-state index contributed by atoms with van der Waals surface area (Å²) >= 11 is 0. The number of para-hydroxylation sites is 1. The zero-order valence-corrected chi connectivity index (χ0v) is 16.7. The van der Waals surface area contributed by atoms with Crippen molar-refractivity contribution in [1.82, 2.24) is 15.5 Å². The molecule has 1 amide bonds. The number of ether oxygens (including phenoxy) is 2. The summed E-state index contributed by atoms with van der Waals surface area (Å²) in [5.74, 6) is 0.0802. The lowest BCUT2D eigenvalue weighted by Gasteiger charge is -2.06. The summed E-state index contributed by atoms with van der Waals surface area (Å²) in [4.78, 5) is 28.5. The summed E-state index contributed by atoms with van der Waals surface area (Å²) in [5, 5.41) is 8.41. The maximum absolute atomic E-state index is 12.3. The van der Waals surface area contributed by atoms with Crippen molar-refractivity contribution < 1.29 is 23.6 Å². The Hall–Kier alpha value is -4.20. The minimum Gasteiger partial charge on any atom is -0.496 e. The van der Waals surface area contributed by atoms with E-state index in [1.807, 2.05) is 42.5 Å². The monoisotopic (exact) mass is 417 g/mol. The van der Waals surface area contributed by atoms with Crippen LogP contribution in [0.2, 0.25) is 0 Å². The number of fused-ring (bicyclic) bond motifs is 1. The molecule has 8 heteroatoms. The van der Waals surface area contributed by atoms with Gasteiger partial charge in [0.2, 0.25) is 5.82 Å². The lowest BCUT2D eigenvalue weighted by atomic mass is 10.1. The molecule has 1 aromatic heterocycles. The van der Waals surface area contributed by atoms with E-state index in [1.54, 1.807) is 31.4 Å². The van der Waals surface area contributed by atoms with Gasteiger partial charge in [-0.1, -0.05) is 47.6 Å². The van der Waals surface area contributed by atoms with E-state index in [-0.39, 0.29) is 24.9 Å². The zero-order chi connectivity index (χ0) is 21.6. The predicted molar refractivity (Wildman–Crippen MR) is 112 cm³/mol. The molecular formula is C23H19N3O5. The molecule has 0 radical (unpaired) electrons. The number of carbonyl (C=O) groups excluding carboxylic acids is 2. The third-order valence-corrected chi connectivity index (χ3v) is 4.58. The molecule has 0 unspecified atom stereocenters. The molecule has 0 aliphatic rings. The normalized spacial score (nSPS) is 10.6. The van der Waals surface area contributed by atoms with E-state index in [0.29, 0.717) is 22.7 Å². The molecule has 1 N–H and O–H groups in total. The summed E-state index contributed by atoms with van der Waals surface area (Å²) in [6.07, 6.45) is 0. The van der Waals surface area contributed by atoms with Crippen LogP contribution in [-0.4, -0.2) is 35.7 Å². The minimum absolute atomic E-state index is 0.134. The number of amides is 1. The molecule has 0 aliphatic heterocycles. The van der Waals surface area contributed by atoms with Crippen molar-refractivity contribution in [2.24, 2.45) is 0 Å². The Kier molecular flexibility index (Phi) is 5.89. The van der Waals surface area contributed by atoms with E-state index in [4.69, 9.17) is 14.0 Å². The van der Waals surface area contributed by atoms with E-state index >= 15 is 0 Å². The minimum atomic E-state index is -0.619. The number of esters is 1. The molecule has 4 rings (SSSR count). The van der Waals surface area contributed by atoms with Crippen LogP contribution in [0.4, 0.5) is 0 Å². The molecule has 3 aromatic carbocycles. The molecular weight excluding hydrogens is 398 g/mol. The van der Waals surface area contributed by atoms with Gasteiger partial charge >= 0.3 is 5.97 Å². The fraction of sp³-hybridized carbons (Fsp3) is 0.130. The maximum Gasteiger partial charge on any atom is 0.325 e. The van der Waals surface area contributed by atoms with Crippen molar-refractivity contribution in [2.75, 3.05) is 13.7 Å². The molecule has 31 heavy (non-hydrogen) atoms. The molecule has 0 fully saturated rings. The van der Waals surface area contributed by atoms with Crippen molar-refractivity contribution in [3.05, 3.63) is 78.2 Å². The first-order chi connectivity index (χ1) is 15.1. The lowest BCUT2D eigenvalue weighted by molar-refractivity contribution is -0.144. The second-order valence-corrected chi connectivity index (χ2v) is 6.62. The largest absolute Gasteiger partial charge is 0.496 e. The Morgan fingerprint density at radius 1 is 1.00 bits per heavy atom. The topological polar surface area (TPSA) is 104 Å². The average Bonchev–Trinajstić information content (AvgIpc) is 3.29. The fourth-order valence-electron chi connectivity index (χ4n) is 3.03. The van der Waals surface area contributed by atoms with Crippen molar-refractivity contribution in [1.29, 1.82) is 0 Å². The van der Waals surface area contributed by atoms with Crippen molar-refractivity contribution in [3.63, 3.8) is 0 Å². The highest BCUT2D eigenvalue weighted by Crippen LogP contribution is 2.27. The summed E-state index contributed by atoms with van der Waals surface area (Å²) in [5.41, 5.74) is 1.12. The first-order valence-corrected chi connectivity index (χ1v) is 9.52. The van der Waals surface area contributed by atoms with E-state index in [1.165, 1.54) is 0 Å². The first-order valence-electron chi connectivity index (χ1n) is 9.52. The highest BCUT2D eigenvalue weighted by atomic mass is 16.6. The molecule has 8 nitrogen and oxygen atoms in total. The highest BCUT2D eigenvalue weighted by molar-refractivity contribution is 5.99. The van der Waals surface area contributed by atoms with E-state index in [2.05, 4.69) is 15.5 Å². The van der Waals surface area contributed by atoms with Gasteiger partial charge in [-0.25, -0.2) is 0 Å². The van der Waals surface area contributed by atoms with Crippen LogP contribution in [0, 0.1) is 0 Å². The van der Waals surface area contributed by atoms with Gasteiger partial charge in [-0.15, -0.1) is 0 Å². The summed E-state index contributed by atoms with van der Waals surface area (Å²) in [7, 11) is 1.55. The van der Waals surface area contributed by atoms with Crippen LogP contribution in [0.5, 0.6) is 5.75 Å². The number of hydrogen-bond acceptors (Lipinski definition) is 7. The standard InChI is InChI=1S/C23H19N3O5/c1-29-19-9-5-4-8-18(19)22-25-20(31-26-22)14-30-21(27)13-24-23(28)17-11-10-15-6-2-3-7-16(15)12-17/h2-12H,13-14H2,1H3,(H,24,28). The summed E-state index contributed by atoms with van der Waals surface area (Å²) in [6, 6.07) is 20.3. The molecule has 0 saturated heterocycles. The van der Waals surface area contributed by atoms with E-state index in [0.717, 1.165) is 10.8 Å². The Bertz CT molecular complexity index is 1230.